The Labute approximate surface area is 162 Å². The average Bonchev–Trinajstić information content (AvgIpc) is 3.24. The highest BCUT2D eigenvalue weighted by atomic mass is 79.9. The molecule has 1 amide bonds. The third-order valence-electron chi connectivity index (χ3n) is 3.91. The van der Waals surface area contributed by atoms with Crippen molar-refractivity contribution >= 4 is 50.2 Å². The van der Waals surface area contributed by atoms with Crippen molar-refractivity contribution in [1.82, 2.24) is 19.5 Å². The van der Waals surface area contributed by atoms with Crippen molar-refractivity contribution in [1.29, 1.82) is 0 Å². The first-order valence-electron chi connectivity index (χ1n) is 7.98. The molecule has 0 aliphatic carbocycles. The van der Waals surface area contributed by atoms with Gasteiger partial charge in [-0.3, -0.25) is 15.1 Å². The maximum absolute atomic E-state index is 12.5. The quantitative estimate of drug-likeness (QED) is 0.519. The zero-order valence-electron chi connectivity index (χ0n) is 13.6. The SMILES string of the molecule is O=C(Nc1nc2ccccc2n1CCc1ccccn1)c1csc(Br)n1. The van der Waals surface area contributed by atoms with Crippen LogP contribution in [0.5, 0.6) is 0 Å². The summed E-state index contributed by atoms with van der Waals surface area (Å²) in [7, 11) is 0. The van der Waals surface area contributed by atoms with Crippen LogP contribution in [-0.2, 0) is 13.0 Å². The van der Waals surface area contributed by atoms with Crippen LogP contribution in [0.2, 0.25) is 0 Å². The van der Waals surface area contributed by atoms with Gasteiger partial charge < -0.3 is 4.57 Å². The molecule has 0 aliphatic rings. The summed E-state index contributed by atoms with van der Waals surface area (Å²) < 4.78 is 2.68. The van der Waals surface area contributed by atoms with E-state index in [4.69, 9.17) is 0 Å². The topological polar surface area (TPSA) is 72.7 Å². The molecule has 4 aromatic rings. The Hall–Kier alpha value is -2.58. The lowest BCUT2D eigenvalue weighted by atomic mass is 10.2. The second kappa shape index (κ2) is 7.35. The van der Waals surface area contributed by atoms with Crippen LogP contribution in [0.3, 0.4) is 0 Å². The number of halogens is 1. The molecule has 0 fully saturated rings. The molecule has 0 atom stereocenters. The first-order valence-corrected chi connectivity index (χ1v) is 9.65. The fourth-order valence-electron chi connectivity index (χ4n) is 2.69. The summed E-state index contributed by atoms with van der Waals surface area (Å²) in [5.74, 6) is 0.234. The summed E-state index contributed by atoms with van der Waals surface area (Å²) in [6.07, 6.45) is 2.52. The average molecular weight is 428 g/mol. The number of pyridine rings is 1. The van der Waals surface area contributed by atoms with E-state index in [0.717, 1.165) is 23.1 Å². The van der Waals surface area contributed by atoms with Crippen LogP contribution in [0.4, 0.5) is 5.95 Å². The monoisotopic (exact) mass is 427 g/mol. The third-order valence-corrected chi connectivity index (χ3v) is 5.27. The van der Waals surface area contributed by atoms with E-state index < -0.39 is 0 Å². The van der Waals surface area contributed by atoms with Crippen LogP contribution in [0.15, 0.2) is 58.0 Å². The maximum Gasteiger partial charge on any atom is 0.277 e. The number of aryl methyl sites for hydroxylation is 2. The number of anilines is 1. The van der Waals surface area contributed by atoms with Crippen LogP contribution in [0, 0.1) is 0 Å². The summed E-state index contributed by atoms with van der Waals surface area (Å²) in [4.78, 5) is 25.6. The molecule has 130 valence electrons. The molecule has 0 aliphatic heterocycles. The highest BCUT2D eigenvalue weighted by Gasteiger charge is 2.16. The predicted molar refractivity (Wildman–Crippen MR) is 105 cm³/mol. The lowest BCUT2D eigenvalue weighted by Crippen LogP contribution is -2.17. The van der Waals surface area contributed by atoms with Crippen LogP contribution in [-0.4, -0.2) is 25.4 Å². The van der Waals surface area contributed by atoms with Gasteiger partial charge in [-0.2, -0.15) is 0 Å². The number of rotatable bonds is 5. The predicted octanol–water partition coefficient (Wildman–Crippen LogP) is 4.15. The summed E-state index contributed by atoms with van der Waals surface area (Å²) in [5, 5.41) is 4.59. The number of para-hydroxylation sites is 2. The van der Waals surface area contributed by atoms with Gasteiger partial charge in [-0.05, 0) is 40.2 Å². The summed E-state index contributed by atoms with van der Waals surface area (Å²) >= 11 is 4.65. The lowest BCUT2D eigenvalue weighted by molar-refractivity contribution is 0.102. The number of hydrogen-bond acceptors (Lipinski definition) is 5. The van der Waals surface area contributed by atoms with Gasteiger partial charge in [0.05, 0.1) is 11.0 Å². The number of aromatic nitrogens is 4. The van der Waals surface area contributed by atoms with E-state index in [1.807, 2.05) is 47.0 Å². The van der Waals surface area contributed by atoms with E-state index in [2.05, 4.69) is 36.2 Å². The van der Waals surface area contributed by atoms with Crippen molar-refractivity contribution in [3.63, 3.8) is 0 Å². The first-order chi connectivity index (χ1) is 12.7. The molecule has 0 saturated carbocycles. The fourth-order valence-corrected chi connectivity index (χ4v) is 3.68. The minimum atomic E-state index is -0.277. The standard InChI is InChI=1S/C18H14BrN5OS/c19-17-21-14(11-26-17)16(25)23-18-22-13-6-1-2-7-15(13)24(18)10-8-12-5-3-4-9-20-12/h1-7,9,11H,8,10H2,(H,22,23,25). The number of imidazole rings is 1. The number of hydrogen-bond donors (Lipinski definition) is 1. The molecule has 8 heteroatoms. The third kappa shape index (κ3) is 3.51. The summed E-state index contributed by atoms with van der Waals surface area (Å²) in [6, 6.07) is 13.7. The molecule has 0 bridgehead atoms. The Balaban J connectivity index is 1.64. The Morgan fingerprint density at radius 1 is 1.15 bits per heavy atom. The Morgan fingerprint density at radius 2 is 2.00 bits per heavy atom. The minimum Gasteiger partial charge on any atom is -0.310 e. The van der Waals surface area contributed by atoms with Crippen LogP contribution < -0.4 is 5.32 Å². The summed E-state index contributed by atoms with van der Waals surface area (Å²) in [5.41, 5.74) is 3.16. The maximum atomic E-state index is 12.5. The highest BCUT2D eigenvalue weighted by Crippen LogP contribution is 2.22. The number of fused-ring (bicyclic) bond motifs is 1. The van der Waals surface area contributed by atoms with Gasteiger partial charge in [0.15, 0.2) is 3.92 Å². The second-order valence-electron chi connectivity index (χ2n) is 5.59. The summed E-state index contributed by atoms with van der Waals surface area (Å²) in [6.45, 7) is 0.661. The molecule has 0 spiro atoms. The minimum absolute atomic E-state index is 0.277. The highest BCUT2D eigenvalue weighted by molar-refractivity contribution is 9.11. The van der Waals surface area contributed by atoms with Crippen molar-refractivity contribution < 1.29 is 4.79 Å². The molecule has 4 rings (SSSR count). The van der Waals surface area contributed by atoms with E-state index in [-0.39, 0.29) is 5.91 Å². The van der Waals surface area contributed by atoms with E-state index in [1.54, 1.807) is 11.6 Å². The van der Waals surface area contributed by atoms with Gasteiger partial charge in [0.2, 0.25) is 5.95 Å². The van der Waals surface area contributed by atoms with Crippen LogP contribution >= 0.6 is 27.3 Å². The molecular weight excluding hydrogens is 414 g/mol. The molecular formula is C18H14BrN5OS. The number of nitrogens with zero attached hydrogens (tertiary/aromatic N) is 4. The molecule has 0 unspecified atom stereocenters. The number of carbonyl (C=O) groups excluding carboxylic acids is 1. The first kappa shape index (κ1) is 16.9. The van der Waals surface area contributed by atoms with E-state index in [0.29, 0.717) is 22.1 Å². The van der Waals surface area contributed by atoms with Gasteiger partial charge in [0.1, 0.15) is 5.69 Å². The van der Waals surface area contributed by atoms with Crippen molar-refractivity contribution in [2.75, 3.05) is 5.32 Å². The second-order valence-corrected chi connectivity index (χ2v) is 7.72. The normalized spacial score (nSPS) is 11.0. The smallest absolute Gasteiger partial charge is 0.277 e. The van der Waals surface area contributed by atoms with Gasteiger partial charge in [-0.25, -0.2) is 9.97 Å². The number of amides is 1. The van der Waals surface area contributed by atoms with Crippen molar-refractivity contribution in [2.24, 2.45) is 0 Å². The Bertz CT molecular complexity index is 1060. The molecule has 3 heterocycles. The van der Waals surface area contributed by atoms with E-state index in [1.165, 1.54) is 11.3 Å². The number of carbonyl (C=O) groups is 1. The van der Waals surface area contributed by atoms with Crippen LogP contribution in [0.1, 0.15) is 16.2 Å². The number of thiazole rings is 1. The number of nitrogens with one attached hydrogen (secondary N) is 1. The largest absolute Gasteiger partial charge is 0.310 e. The van der Waals surface area contributed by atoms with Gasteiger partial charge >= 0.3 is 0 Å². The molecule has 0 saturated heterocycles. The van der Waals surface area contributed by atoms with Crippen molar-refractivity contribution in [3.8, 4) is 0 Å². The van der Waals surface area contributed by atoms with E-state index >= 15 is 0 Å². The van der Waals surface area contributed by atoms with Gasteiger partial charge in [0.25, 0.3) is 5.91 Å². The molecule has 1 aromatic carbocycles. The van der Waals surface area contributed by atoms with Crippen molar-refractivity contribution in [3.05, 3.63) is 69.3 Å². The molecule has 1 N–H and O–H groups in total. The Morgan fingerprint density at radius 3 is 2.77 bits per heavy atom. The Kier molecular flexibility index (Phi) is 4.77. The van der Waals surface area contributed by atoms with Crippen molar-refractivity contribution in [2.45, 2.75) is 13.0 Å². The zero-order valence-corrected chi connectivity index (χ0v) is 16.0. The van der Waals surface area contributed by atoms with Gasteiger partial charge in [0, 0.05) is 30.2 Å². The molecule has 6 nitrogen and oxygen atoms in total. The molecule has 3 aromatic heterocycles. The number of benzene rings is 1. The molecule has 0 radical (unpaired) electrons. The van der Waals surface area contributed by atoms with Crippen LogP contribution in [0.25, 0.3) is 11.0 Å². The van der Waals surface area contributed by atoms with E-state index in [9.17, 15) is 4.79 Å². The lowest BCUT2D eigenvalue weighted by Gasteiger charge is -2.09. The van der Waals surface area contributed by atoms with Gasteiger partial charge in [-0.1, -0.05) is 18.2 Å². The fraction of sp³-hybridized carbons (Fsp3) is 0.111. The van der Waals surface area contributed by atoms with Gasteiger partial charge in [-0.15, -0.1) is 11.3 Å². The zero-order chi connectivity index (χ0) is 17.9. The molecule has 26 heavy (non-hydrogen) atoms.